The molecule has 8 heteroatoms. The fourth-order valence-electron chi connectivity index (χ4n) is 4.50. The summed E-state index contributed by atoms with van der Waals surface area (Å²) in [6.07, 6.45) is 3.47. The van der Waals surface area contributed by atoms with Gasteiger partial charge in [-0.25, -0.2) is 14.2 Å². The summed E-state index contributed by atoms with van der Waals surface area (Å²) in [7, 11) is 0. The molecule has 3 heterocycles. The fraction of sp³-hybridized carbons (Fsp3) is 0.522. The molecule has 3 aromatic rings. The Morgan fingerprint density at radius 3 is 2.65 bits per heavy atom. The van der Waals surface area contributed by atoms with Crippen molar-refractivity contribution in [3.05, 3.63) is 45.9 Å². The van der Waals surface area contributed by atoms with Gasteiger partial charge in [0.15, 0.2) is 11.6 Å². The van der Waals surface area contributed by atoms with Gasteiger partial charge in [0.25, 0.3) is 0 Å². The Morgan fingerprint density at radius 2 is 2.03 bits per heavy atom. The number of aliphatic hydroxyl groups is 1. The smallest absolute Gasteiger partial charge is 0.350 e. The molecule has 7 nitrogen and oxygen atoms in total. The Balaban J connectivity index is 1.91. The first-order valence-corrected chi connectivity index (χ1v) is 11.1. The third kappa shape index (κ3) is 3.73. The van der Waals surface area contributed by atoms with E-state index in [1.165, 1.54) is 17.1 Å². The van der Waals surface area contributed by atoms with E-state index in [9.17, 15) is 9.90 Å². The molecule has 1 aliphatic heterocycles. The maximum atomic E-state index is 15.2. The quantitative estimate of drug-likeness (QED) is 0.671. The Kier molecular flexibility index (Phi) is 5.83. The van der Waals surface area contributed by atoms with Crippen LogP contribution >= 0.6 is 0 Å². The standard InChI is InChI=1S/C23H30FN5O2/c1-5-27-22(13-30)26-29(23(27)31)20-10-17-16(14(2)3)11-21(25-19(17)12-18(20)24)28-9-7-6-8-15(28)4/h10-12,14-15,30H,5-9,13H2,1-4H3/t15-/m0/s1. The number of aromatic nitrogens is 4. The van der Waals surface area contributed by atoms with E-state index in [0.29, 0.717) is 18.1 Å². The predicted octanol–water partition coefficient (Wildman–Crippen LogP) is 3.74. The molecule has 1 aromatic carbocycles. The summed E-state index contributed by atoms with van der Waals surface area (Å²) < 4.78 is 17.6. The number of fused-ring (bicyclic) bond motifs is 1. The molecule has 0 spiro atoms. The molecule has 1 aliphatic rings. The molecule has 1 saturated heterocycles. The Morgan fingerprint density at radius 1 is 1.26 bits per heavy atom. The van der Waals surface area contributed by atoms with Gasteiger partial charge >= 0.3 is 5.69 Å². The van der Waals surface area contributed by atoms with E-state index in [1.807, 2.05) is 0 Å². The number of anilines is 1. The highest BCUT2D eigenvalue weighted by Gasteiger charge is 2.23. The van der Waals surface area contributed by atoms with Crippen LogP contribution in [0, 0.1) is 5.82 Å². The minimum absolute atomic E-state index is 0.0715. The van der Waals surface area contributed by atoms with Crippen molar-refractivity contribution in [2.24, 2.45) is 0 Å². The van der Waals surface area contributed by atoms with E-state index in [4.69, 9.17) is 4.98 Å². The molecule has 2 aromatic heterocycles. The summed E-state index contributed by atoms with van der Waals surface area (Å²) in [6, 6.07) is 5.55. The van der Waals surface area contributed by atoms with Gasteiger partial charge in [0, 0.05) is 30.6 Å². The van der Waals surface area contributed by atoms with E-state index < -0.39 is 11.5 Å². The molecule has 1 atom stereocenters. The van der Waals surface area contributed by atoms with Crippen LogP contribution in [0.5, 0.6) is 0 Å². The van der Waals surface area contributed by atoms with Gasteiger partial charge in [-0.3, -0.25) is 4.57 Å². The molecule has 0 saturated carbocycles. The van der Waals surface area contributed by atoms with Crippen LogP contribution < -0.4 is 10.6 Å². The lowest BCUT2D eigenvalue weighted by molar-refractivity contribution is 0.264. The lowest BCUT2D eigenvalue weighted by atomic mass is 9.97. The number of pyridine rings is 1. The number of piperidine rings is 1. The highest BCUT2D eigenvalue weighted by Crippen LogP contribution is 2.33. The van der Waals surface area contributed by atoms with Crippen molar-refractivity contribution in [2.45, 2.75) is 72.1 Å². The largest absolute Gasteiger partial charge is 0.388 e. The molecule has 1 N–H and O–H groups in total. The van der Waals surface area contributed by atoms with Gasteiger partial charge < -0.3 is 10.0 Å². The minimum Gasteiger partial charge on any atom is -0.388 e. The zero-order valence-electron chi connectivity index (χ0n) is 18.6. The molecule has 0 bridgehead atoms. The lowest BCUT2D eigenvalue weighted by Gasteiger charge is -2.35. The van der Waals surface area contributed by atoms with Crippen molar-refractivity contribution in [1.82, 2.24) is 19.3 Å². The maximum Gasteiger partial charge on any atom is 0.350 e. The van der Waals surface area contributed by atoms with E-state index >= 15 is 4.39 Å². The van der Waals surface area contributed by atoms with Crippen LogP contribution in [0.25, 0.3) is 16.6 Å². The highest BCUT2D eigenvalue weighted by molar-refractivity contribution is 5.87. The molecule has 0 radical (unpaired) electrons. The number of hydrogen-bond donors (Lipinski definition) is 1. The molecule has 0 amide bonds. The summed E-state index contributed by atoms with van der Waals surface area (Å²) in [5.41, 5.74) is 1.24. The van der Waals surface area contributed by atoms with Crippen LogP contribution in [-0.4, -0.2) is 37.0 Å². The van der Waals surface area contributed by atoms with E-state index in [-0.39, 0.29) is 24.0 Å². The van der Waals surface area contributed by atoms with Crippen molar-refractivity contribution >= 4 is 16.7 Å². The van der Waals surface area contributed by atoms with Crippen molar-refractivity contribution in [3.8, 4) is 5.69 Å². The van der Waals surface area contributed by atoms with Gasteiger partial charge in [0.05, 0.1) is 5.52 Å². The van der Waals surface area contributed by atoms with Gasteiger partial charge in [-0.1, -0.05) is 13.8 Å². The lowest BCUT2D eigenvalue weighted by Crippen LogP contribution is -2.38. The molecule has 0 unspecified atom stereocenters. The van der Waals surface area contributed by atoms with Crippen molar-refractivity contribution in [3.63, 3.8) is 0 Å². The van der Waals surface area contributed by atoms with Gasteiger partial charge in [-0.05, 0) is 56.7 Å². The number of benzene rings is 1. The fourth-order valence-corrected chi connectivity index (χ4v) is 4.50. The summed E-state index contributed by atoms with van der Waals surface area (Å²) in [5.74, 6) is 0.723. The highest BCUT2D eigenvalue weighted by atomic mass is 19.1. The number of aliphatic hydroxyl groups excluding tert-OH is 1. The first-order chi connectivity index (χ1) is 14.8. The molecule has 166 valence electrons. The van der Waals surface area contributed by atoms with Crippen LogP contribution in [0.3, 0.4) is 0 Å². The second-order valence-electron chi connectivity index (χ2n) is 8.60. The first-order valence-electron chi connectivity index (χ1n) is 11.1. The first kappa shape index (κ1) is 21.5. The van der Waals surface area contributed by atoms with Crippen molar-refractivity contribution in [2.75, 3.05) is 11.4 Å². The Bertz CT molecular complexity index is 1170. The van der Waals surface area contributed by atoms with E-state index in [1.54, 1.807) is 13.0 Å². The van der Waals surface area contributed by atoms with Crippen LogP contribution in [0.4, 0.5) is 10.2 Å². The SMILES string of the molecule is CCn1c(CO)nn(-c2cc3c(C(C)C)cc(N4CCCC[C@@H]4C)nc3cc2F)c1=O. The van der Waals surface area contributed by atoms with Crippen LogP contribution in [0.1, 0.15) is 64.3 Å². The number of halogens is 1. The number of nitrogens with zero attached hydrogens (tertiary/aromatic N) is 5. The van der Waals surface area contributed by atoms with Crippen LogP contribution in [0.2, 0.25) is 0 Å². The molecular formula is C23H30FN5O2. The molecule has 1 fully saturated rings. The minimum atomic E-state index is -0.564. The van der Waals surface area contributed by atoms with E-state index in [0.717, 1.165) is 40.8 Å². The predicted molar refractivity (Wildman–Crippen MR) is 119 cm³/mol. The van der Waals surface area contributed by atoms with Gasteiger partial charge in [0.1, 0.15) is 18.1 Å². The average molecular weight is 428 g/mol. The van der Waals surface area contributed by atoms with Gasteiger partial charge in [0.2, 0.25) is 0 Å². The topological polar surface area (TPSA) is 76.2 Å². The summed E-state index contributed by atoms with van der Waals surface area (Å²) in [6.45, 7) is 9.10. The Labute approximate surface area is 181 Å². The number of rotatable bonds is 5. The summed E-state index contributed by atoms with van der Waals surface area (Å²) in [5, 5.41) is 14.5. The summed E-state index contributed by atoms with van der Waals surface area (Å²) in [4.78, 5) is 19.9. The summed E-state index contributed by atoms with van der Waals surface area (Å²) >= 11 is 0. The molecule has 31 heavy (non-hydrogen) atoms. The van der Waals surface area contributed by atoms with E-state index in [2.05, 4.69) is 36.8 Å². The normalized spacial score (nSPS) is 17.1. The van der Waals surface area contributed by atoms with Crippen LogP contribution in [0.15, 0.2) is 23.0 Å². The second kappa shape index (κ2) is 8.42. The zero-order chi connectivity index (χ0) is 22.3. The third-order valence-electron chi connectivity index (χ3n) is 6.24. The molecule has 4 rings (SSSR count). The second-order valence-corrected chi connectivity index (χ2v) is 8.60. The number of hydrogen-bond acceptors (Lipinski definition) is 5. The maximum absolute atomic E-state index is 15.2. The average Bonchev–Trinajstić information content (AvgIpc) is 3.07. The molecular weight excluding hydrogens is 397 g/mol. The third-order valence-corrected chi connectivity index (χ3v) is 6.24. The zero-order valence-corrected chi connectivity index (χ0v) is 18.6. The van der Waals surface area contributed by atoms with Crippen molar-refractivity contribution < 1.29 is 9.50 Å². The Hall–Kier alpha value is -2.74. The van der Waals surface area contributed by atoms with Crippen LogP contribution in [-0.2, 0) is 13.2 Å². The van der Waals surface area contributed by atoms with Gasteiger partial charge in [-0.2, -0.15) is 4.68 Å². The van der Waals surface area contributed by atoms with Crippen molar-refractivity contribution in [1.29, 1.82) is 0 Å². The molecule has 0 aliphatic carbocycles. The van der Waals surface area contributed by atoms with Gasteiger partial charge in [-0.15, -0.1) is 5.10 Å². The monoisotopic (exact) mass is 427 g/mol.